The minimum absolute atomic E-state index is 0.108. The summed E-state index contributed by atoms with van der Waals surface area (Å²) in [6, 6.07) is 13.2. The van der Waals surface area contributed by atoms with Gasteiger partial charge >= 0.3 is 0 Å². The number of para-hydroxylation sites is 1. The van der Waals surface area contributed by atoms with Crippen LogP contribution in [-0.2, 0) is 16.1 Å². The van der Waals surface area contributed by atoms with Gasteiger partial charge in [-0.1, -0.05) is 18.2 Å². The number of rotatable bonds is 6. The van der Waals surface area contributed by atoms with Crippen molar-refractivity contribution in [2.75, 3.05) is 11.4 Å². The number of aromatic nitrogens is 1. The lowest BCUT2D eigenvalue weighted by Gasteiger charge is -2.26. The Morgan fingerprint density at radius 3 is 2.38 bits per heavy atom. The molecular formula is C19H21N3O2. The molecule has 5 nitrogen and oxygen atoms in total. The van der Waals surface area contributed by atoms with Gasteiger partial charge in [-0.05, 0) is 49.6 Å². The molecule has 0 radical (unpaired) electrons. The zero-order chi connectivity index (χ0) is 17.0. The van der Waals surface area contributed by atoms with E-state index < -0.39 is 5.41 Å². The largest absolute Gasteiger partial charge is 0.351 e. The molecule has 124 valence electrons. The van der Waals surface area contributed by atoms with E-state index in [1.54, 1.807) is 17.3 Å². The van der Waals surface area contributed by atoms with Gasteiger partial charge < -0.3 is 10.2 Å². The number of carbonyl (C=O) groups excluding carboxylic acids is 2. The summed E-state index contributed by atoms with van der Waals surface area (Å²) in [7, 11) is 0. The molecule has 1 fully saturated rings. The van der Waals surface area contributed by atoms with Crippen molar-refractivity contribution < 1.29 is 9.59 Å². The maximum absolute atomic E-state index is 13.0. The molecule has 0 atom stereocenters. The topological polar surface area (TPSA) is 62.3 Å². The predicted octanol–water partition coefficient (Wildman–Crippen LogP) is 2.53. The molecule has 1 aliphatic carbocycles. The van der Waals surface area contributed by atoms with Crippen LogP contribution < -0.4 is 10.2 Å². The van der Waals surface area contributed by atoms with Gasteiger partial charge in [-0.3, -0.25) is 14.6 Å². The molecule has 2 amide bonds. The number of nitrogens with zero attached hydrogens (tertiary/aromatic N) is 2. The second-order valence-electron chi connectivity index (χ2n) is 6.01. The van der Waals surface area contributed by atoms with Gasteiger partial charge in [0, 0.05) is 31.2 Å². The smallest absolute Gasteiger partial charge is 0.242 e. The molecule has 1 N–H and O–H groups in total. The molecule has 1 saturated carbocycles. The Labute approximate surface area is 141 Å². The van der Waals surface area contributed by atoms with E-state index in [2.05, 4.69) is 10.3 Å². The van der Waals surface area contributed by atoms with Gasteiger partial charge in [-0.15, -0.1) is 0 Å². The summed E-state index contributed by atoms with van der Waals surface area (Å²) in [6.07, 6.45) is 4.59. The number of nitrogens with one attached hydrogen (secondary N) is 1. The van der Waals surface area contributed by atoms with Crippen molar-refractivity contribution >= 4 is 17.5 Å². The summed E-state index contributed by atoms with van der Waals surface area (Å²) >= 11 is 0. The monoisotopic (exact) mass is 323 g/mol. The molecule has 3 rings (SSSR count). The molecule has 0 bridgehead atoms. The lowest BCUT2D eigenvalue weighted by Crippen LogP contribution is -2.45. The van der Waals surface area contributed by atoms with Crippen molar-refractivity contribution in [2.45, 2.75) is 26.3 Å². The van der Waals surface area contributed by atoms with Crippen molar-refractivity contribution in [1.29, 1.82) is 0 Å². The lowest BCUT2D eigenvalue weighted by atomic mass is 10.0. The zero-order valence-corrected chi connectivity index (χ0v) is 13.7. The highest BCUT2D eigenvalue weighted by atomic mass is 16.2. The summed E-state index contributed by atoms with van der Waals surface area (Å²) in [6.45, 7) is 2.88. The average molecular weight is 323 g/mol. The van der Waals surface area contributed by atoms with Gasteiger partial charge in [0.05, 0.1) is 0 Å². The van der Waals surface area contributed by atoms with E-state index in [0.717, 1.165) is 11.3 Å². The van der Waals surface area contributed by atoms with Gasteiger partial charge in [-0.25, -0.2) is 0 Å². The van der Waals surface area contributed by atoms with Crippen LogP contribution in [0.15, 0.2) is 54.9 Å². The van der Waals surface area contributed by atoms with Crippen molar-refractivity contribution in [3.05, 3.63) is 60.4 Å². The first-order valence-corrected chi connectivity index (χ1v) is 8.21. The van der Waals surface area contributed by atoms with E-state index in [9.17, 15) is 9.59 Å². The van der Waals surface area contributed by atoms with Crippen molar-refractivity contribution in [3.8, 4) is 0 Å². The highest BCUT2D eigenvalue weighted by Crippen LogP contribution is 2.48. The van der Waals surface area contributed by atoms with E-state index in [0.29, 0.717) is 25.9 Å². The molecular weight excluding hydrogens is 302 g/mol. The van der Waals surface area contributed by atoms with E-state index in [1.165, 1.54) is 0 Å². The van der Waals surface area contributed by atoms with Crippen LogP contribution in [0, 0.1) is 5.41 Å². The second kappa shape index (κ2) is 6.83. The minimum atomic E-state index is -0.904. The fraction of sp³-hybridized carbons (Fsp3) is 0.316. The quantitative estimate of drug-likeness (QED) is 0.831. The average Bonchev–Trinajstić information content (AvgIpc) is 3.44. The molecule has 0 aliphatic heterocycles. The minimum Gasteiger partial charge on any atom is -0.351 e. The Balaban J connectivity index is 1.70. The summed E-state index contributed by atoms with van der Waals surface area (Å²) in [5, 5.41) is 2.90. The molecule has 1 heterocycles. The molecule has 5 heteroatoms. The third kappa shape index (κ3) is 3.15. The summed E-state index contributed by atoms with van der Waals surface area (Å²) in [4.78, 5) is 31.2. The molecule has 0 saturated heterocycles. The molecule has 1 aromatic heterocycles. The Bertz CT molecular complexity index is 712. The Morgan fingerprint density at radius 2 is 1.79 bits per heavy atom. The normalized spacial score (nSPS) is 14.7. The third-order valence-corrected chi connectivity index (χ3v) is 4.43. The first-order valence-electron chi connectivity index (χ1n) is 8.21. The third-order valence-electron chi connectivity index (χ3n) is 4.43. The number of hydrogen-bond acceptors (Lipinski definition) is 3. The standard InChI is InChI=1S/C19H21N3O2/c1-2-22(16-6-4-3-5-7-16)18(24)19(10-11-19)17(23)21-14-15-8-12-20-13-9-15/h3-9,12-13H,2,10-11,14H2,1H3,(H,21,23). The number of pyridine rings is 1. The number of carbonyl (C=O) groups is 2. The number of hydrogen-bond donors (Lipinski definition) is 1. The van der Waals surface area contributed by atoms with Crippen molar-refractivity contribution in [3.63, 3.8) is 0 Å². The van der Waals surface area contributed by atoms with Crippen LogP contribution in [0.2, 0.25) is 0 Å². The maximum Gasteiger partial charge on any atom is 0.242 e. The summed E-state index contributed by atoms with van der Waals surface area (Å²) in [5.41, 5.74) is 0.897. The lowest BCUT2D eigenvalue weighted by molar-refractivity contribution is -0.135. The van der Waals surface area contributed by atoms with Crippen LogP contribution in [0.5, 0.6) is 0 Å². The SMILES string of the molecule is CCN(C(=O)C1(C(=O)NCc2ccncc2)CC1)c1ccccc1. The number of anilines is 1. The summed E-state index contributed by atoms with van der Waals surface area (Å²) in [5.74, 6) is -0.290. The van der Waals surface area contributed by atoms with Crippen molar-refractivity contribution in [2.24, 2.45) is 5.41 Å². The fourth-order valence-electron chi connectivity index (χ4n) is 2.82. The maximum atomic E-state index is 13.0. The van der Waals surface area contributed by atoms with Gasteiger partial charge in [0.1, 0.15) is 5.41 Å². The van der Waals surface area contributed by atoms with E-state index in [4.69, 9.17) is 0 Å². The van der Waals surface area contributed by atoms with Crippen LogP contribution in [0.25, 0.3) is 0 Å². The first-order chi connectivity index (χ1) is 11.7. The summed E-state index contributed by atoms with van der Waals surface area (Å²) < 4.78 is 0. The van der Waals surface area contributed by atoms with Crippen LogP contribution in [0.3, 0.4) is 0 Å². The highest BCUT2D eigenvalue weighted by Gasteiger charge is 2.57. The van der Waals surface area contributed by atoms with Crippen molar-refractivity contribution in [1.82, 2.24) is 10.3 Å². The second-order valence-corrected chi connectivity index (χ2v) is 6.01. The zero-order valence-electron chi connectivity index (χ0n) is 13.7. The van der Waals surface area contributed by atoms with Gasteiger partial charge in [0.2, 0.25) is 11.8 Å². The number of amides is 2. The van der Waals surface area contributed by atoms with Gasteiger partial charge in [-0.2, -0.15) is 0 Å². The highest BCUT2D eigenvalue weighted by molar-refractivity contribution is 6.14. The molecule has 2 aromatic rings. The molecule has 0 unspecified atom stereocenters. The predicted molar refractivity (Wildman–Crippen MR) is 92.2 cm³/mol. The van der Waals surface area contributed by atoms with Crippen LogP contribution in [0.1, 0.15) is 25.3 Å². The first kappa shape index (κ1) is 16.2. The van der Waals surface area contributed by atoms with Gasteiger partial charge in [0.15, 0.2) is 0 Å². The van der Waals surface area contributed by atoms with Crippen LogP contribution >= 0.6 is 0 Å². The molecule has 0 spiro atoms. The van der Waals surface area contributed by atoms with Crippen LogP contribution in [0.4, 0.5) is 5.69 Å². The van der Waals surface area contributed by atoms with Gasteiger partial charge in [0.25, 0.3) is 0 Å². The molecule has 1 aliphatic rings. The van der Waals surface area contributed by atoms with E-state index >= 15 is 0 Å². The Morgan fingerprint density at radius 1 is 1.12 bits per heavy atom. The van der Waals surface area contributed by atoms with Crippen LogP contribution in [-0.4, -0.2) is 23.3 Å². The van der Waals surface area contributed by atoms with E-state index in [1.807, 2.05) is 49.4 Å². The Hall–Kier alpha value is -2.69. The Kier molecular flexibility index (Phi) is 4.60. The fourth-order valence-corrected chi connectivity index (χ4v) is 2.82. The molecule has 1 aromatic carbocycles. The molecule has 24 heavy (non-hydrogen) atoms. The van der Waals surface area contributed by atoms with E-state index in [-0.39, 0.29) is 11.8 Å². The number of benzene rings is 1.